The molecule has 1 aromatic carbocycles. The van der Waals surface area contributed by atoms with Gasteiger partial charge in [-0.25, -0.2) is 13.2 Å². The fraction of sp³-hybridized carbons (Fsp3) is 0.500. The molecule has 1 saturated heterocycles. The van der Waals surface area contributed by atoms with Gasteiger partial charge in [0.25, 0.3) is 0 Å². The van der Waals surface area contributed by atoms with Gasteiger partial charge in [-0.05, 0) is 6.07 Å². The van der Waals surface area contributed by atoms with E-state index in [0.717, 1.165) is 6.07 Å². The monoisotopic (exact) mass is 260 g/mol. The normalized spacial score (nSPS) is 18.9. The first-order valence-corrected chi connectivity index (χ1v) is 5.79. The van der Waals surface area contributed by atoms with Crippen molar-refractivity contribution in [1.82, 2.24) is 4.90 Å². The van der Waals surface area contributed by atoms with Gasteiger partial charge < -0.3 is 10.5 Å². The molecule has 0 amide bonds. The summed E-state index contributed by atoms with van der Waals surface area (Å²) in [5.74, 6) is -3.01. The maximum Gasteiger partial charge on any atom is 0.161 e. The molecule has 1 aromatic rings. The molecule has 1 unspecified atom stereocenters. The van der Waals surface area contributed by atoms with Gasteiger partial charge in [0.05, 0.1) is 19.3 Å². The zero-order valence-corrected chi connectivity index (χ0v) is 9.83. The van der Waals surface area contributed by atoms with Crippen molar-refractivity contribution in [1.29, 1.82) is 0 Å². The standard InChI is InChI=1S/C12H15F3N2O/c13-9-6-11(15)10(14)5-8(9)12(7-16)17-1-3-18-4-2-17/h5-6,12H,1-4,7,16H2. The van der Waals surface area contributed by atoms with Crippen LogP contribution >= 0.6 is 0 Å². The summed E-state index contributed by atoms with van der Waals surface area (Å²) in [5.41, 5.74) is 5.72. The van der Waals surface area contributed by atoms with Crippen LogP contribution in [0.1, 0.15) is 11.6 Å². The third kappa shape index (κ3) is 2.66. The SMILES string of the molecule is NCC(c1cc(F)c(F)cc1F)N1CCOCC1. The van der Waals surface area contributed by atoms with Crippen molar-refractivity contribution in [3.8, 4) is 0 Å². The fourth-order valence-corrected chi connectivity index (χ4v) is 2.16. The van der Waals surface area contributed by atoms with Gasteiger partial charge in [-0.15, -0.1) is 0 Å². The molecule has 0 spiro atoms. The van der Waals surface area contributed by atoms with E-state index in [2.05, 4.69) is 0 Å². The summed E-state index contributed by atoms with van der Waals surface area (Å²) in [6.45, 7) is 2.40. The molecule has 100 valence electrons. The van der Waals surface area contributed by atoms with Crippen molar-refractivity contribution in [3.63, 3.8) is 0 Å². The predicted octanol–water partition coefficient (Wildman–Crippen LogP) is 1.44. The van der Waals surface area contributed by atoms with Crippen LogP contribution in [0.2, 0.25) is 0 Å². The minimum absolute atomic E-state index is 0.0956. The lowest BCUT2D eigenvalue weighted by atomic mass is 10.0. The van der Waals surface area contributed by atoms with Gasteiger partial charge >= 0.3 is 0 Å². The Bertz CT molecular complexity index is 422. The molecule has 18 heavy (non-hydrogen) atoms. The van der Waals surface area contributed by atoms with E-state index in [1.54, 1.807) is 0 Å². The molecule has 0 aromatic heterocycles. The largest absolute Gasteiger partial charge is 0.379 e. The summed E-state index contributed by atoms with van der Waals surface area (Å²) in [7, 11) is 0. The molecule has 1 aliphatic rings. The van der Waals surface area contributed by atoms with Gasteiger partial charge in [0.2, 0.25) is 0 Å². The van der Waals surface area contributed by atoms with Gasteiger partial charge in [-0.3, -0.25) is 4.90 Å². The van der Waals surface area contributed by atoms with Crippen molar-refractivity contribution in [3.05, 3.63) is 35.1 Å². The Labute approximate surface area is 103 Å². The van der Waals surface area contributed by atoms with Gasteiger partial charge in [0.15, 0.2) is 11.6 Å². The Kier molecular flexibility index (Phi) is 4.21. The summed E-state index contributed by atoms with van der Waals surface area (Å²) in [5, 5.41) is 0. The second kappa shape index (κ2) is 5.69. The van der Waals surface area contributed by atoms with Crippen LogP contribution in [0.25, 0.3) is 0 Å². The zero-order valence-electron chi connectivity index (χ0n) is 9.83. The molecule has 3 nitrogen and oxygen atoms in total. The highest BCUT2D eigenvalue weighted by molar-refractivity contribution is 5.24. The third-order valence-electron chi connectivity index (χ3n) is 3.11. The van der Waals surface area contributed by atoms with Crippen LogP contribution in [0, 0.1) is 17.5 Å². The summed E-state index contributed by atoms with van der Waals surface area (Å²) in [6.07, 6.45) is 0. The lowest BCUT2D eigenvalue weighted by Gasteiger charge is -2.34. The molecule has 6 heteroatoms. The van der Waals surface area contributed by atoms with Crippen molar-refractivity contribution in [2.45, 2.75) is 6.04 Å². The number of nitrogens with two attached hydrogens (primary N) is 1. The van der Waals surface area contributed by atoms with Crippen LogP contribution in [0.4, 0.5) is 13.2 Å². The minimum atomic E-state index is -1.19. The van der Waals surface area contributed by atoms with E-state index >= 15 is 0 Å². The molecule has 2 rings (SSSR count). The molecule has 1 fully saturated rings. The van der Waals surface area contributed by atoms with Gasteiger partial charge in [0, 0.05) is 31.3 Å². The van der Waals surface area contributed by atoms with Crippen molar-refractivity contribution >= 4 is 0 Å². The molecular formula is C12H15F3N2O. The van der Waals surface area contributed by atoms with Crippen molar-refractivity contribution in [2.75, 3.05) is 32.8 Å². The quantitative estimate of drug-likeness (QED) is 0.836. The first-order valence-electron chi connectivity index (χ1n) is 5.79. The van der Waals surface area contributed by atoms with Gasteiger partial charge in [-0.1, -0.05) is 0 Å². The maximum absolute atomic E-state index is 13.7. The minimum Gasteiger partial charge on any atom is -0.379 e. The van der Waals surface area contributed by atoms with Crippen LogP contribution in [0.15, 0.2) is 12.1 Å². The summed E-state index contributed by atoms with van der Waals surface area (Å²) in [6, 6.07) is 0.995. The molecule has 1 atom stereocenters. The number of halogens is 3. The lowest BCUT2D eigenvalue weighted by molar-refractivity contribution is 0.0171. The molecule has 0 radical (unpaired) electrons. The maximum atomic E-state index is 13.7. The van der Waals surface area contributed by atoms with E-state index in [1.807, 2.05) is 4.90 Å². The zero-order chi connectivity index (χ0) is 13.1. The van der Waals surface area contributed by atoms with Crippen LogP contribution < -0.4 is 5.73 Å². The second-order valence-corrected chi connectivity index (χ2v) is 4.19. The van der Waals surface area contributed by atoms with E-state index < -0.39 is 23.5 Å². The van der Waals surface area contributed by atoms with Crippen molar-refractivity contribution < 1.29 is 17.9 Å². The number of ether oxygens (including phenoxy) is 1. The van der Waals surface area contributed by atoms with Gasteiger partial charge in [0.1, 0.15) is 5.82 Å². The number of hydrogen-bond acceptors (Lipinski definition) is 3. The average molecular weight is 260 g/mol. The smallest absolute Gasteiger partial charge is 0.161 e. The fourth-order valence-electron chi connectivity index (χ4n) is 2.16. The summed E-state index contributed by atoms with van der Waals surface area (Å²) < 4.78 is 45.0. The lowest BCUT2D eigenvalue weighted by Crippen LogP contribution is -2.42. The molecule has 0 saturated carbocycles. The number of benzene rings is 1. The van der Waals surface area contributed by atoms with Crippen LogP contribution in [0.3, 0.4) is 0 Å². The first-order chi connectivity index (χ1) is 8.63. The number of rotatable bonds is 3. The Morgan fingerprint density at radius 3 is 2.33 bits per heavy atom. The highest BCUT2D eigenvalue weighted by atomic mass is 19.2. The molecule has 0 aliphatic carbocycles. The second-order valence-electron chi connectivity index (χ2n) is 4.19. The number of hydrogen-bond donors (Lipinski definition) is 1. The third-order valence-corrected chi connectivity index (χ3v) is 3.11. The molecule has 2 N–H and O–H groups in total. The Hall–Kier alpha value is -1.11. The van der Waals surface area contributed by atoms with Crippen LogP contribution in [-0.4, -0.2) is 37.7 Å². The number of nitrogens with zero attached hydrogens (tertiary/aromatic N) is 1. The molecule has 1 heterocycles. The first kappa shape index (κ1) is 13.3. The summed E-state index contributed by atoms with van der Waals surface area (Å²) in [4.78, 5) is 1.92. The molecule has 0 bridgehead atoms. The van der Waals surface area contributed by atoms with Crippen LogP contribution in [-0.2, 0) is 4.74 Å². The van der Waals surface area contributed by atoms with E-state index in [0.29, 0.717) is 32.4 Å². The van der Waals surface area contributed by atoms with E-state index in [9.17, 15) is 13.2 Å². The highest BCUT2D eigenvalue weighted by Gasteiger charge is 2.25. The Morgan fingerprint density at radius 2 is 1.72 bits per heavy atom. The molecule has 1 aliphatic heterocycles. The Morgan fingerprint density at radius 1 is 1.11 bits per heavy atom. The van der Waals surface area contributed by atoms with Gasteiger partial charge in [-0.2, -0.15) is 0 Å². The summed E-state index contributed by atoms with van der Waals surface area (Å²) >= 11 is 0. The van der Waals surface area contributed by atoms with E-state index in [-0.39, 0.29) is 12.1 Å². The number of morpholine rings is 1. The van der Waals surface area contributed by atoms with E-state index in [1.165, 1.54) is 0 Å². The van der Waals surface area contributed by atoms with E-state index in [4.69, 9.17) is 10.5 Å². The Balaban J connectivity index is 2.28. The van der Waals surface area contributed by atoms with Crippen molar-refractivity contribution in [2.24, 2.45) is 5.73 Å². The molecular weight excluding hydrogens is 245 g/mol. The highest BCUT2D eigenvalue weighted by Crippen LogP contribution is 2.25. The predicted molar refractivity (Wildman–Crippen MR) is 60.5 cm³/mol. The average Bonchev–Trinajstić information content (AvgIpc) is 2.38. The van der Waals surface area contributed by atoms with Crippen LogP contribution in [0.5, 0.6) is 0 Å². The topological polar surface area (TPSA) is 38.5 Å².